The maximum atomic E-state index is 13.0. The van der Waals surface area contributed by atoms with Gasteiger partial charge in [0.15, 0.2) is 9.84 Å². The Balaban J connectivity index is 2.46. The van der Waals surface area contributed by atoms with Crippen LogP contribution in [-0.4, -0.2) is 20.2 Å². The van der Waals surface area contributed by atoms with Gasteiger partial charge in [-0.1, -0.05) is 60.7 Å². The fraction of sp³-hybridized carbons (Fsp3) is 0.158. The van der Waals surface area contributed by atoms with Crippen molar-refractivity contribution >= 4 is 9.84 Å². The molecule has 4 heteroatoms. The Labute approximate surface area is 138 Å². The minimum atomic E-state index is -3.54. The third-order valence-electron chi connectivity index (χ3n) is 3.63. The van der Waals surface area contributed by atoms with Gasteiger partial charge in [0.05, 0.1) is 10.9 Å². The van der Waals surface area contributed by atoms with Crippen molar-refractivity contribution in [2.45, 2.75) is 16.2 Å². The third-order valence-corrected chi connectivity index (χ3v) is 5.74. The minimum absolute atomic E-state index is 0.297. The van der Waals surface area contributed by atoms with Gasteiger partial charge in [-0.05, 0) is 17.7 Å². The highest BCUT2D eigenvalue weighted by Gasteiger charge is 2.32. The molecule has 2 aromatic rings. The maximum absolute atomic E-state index is 13.0. The summed E-state index contributed by atoms with van der Waals surface area (Å²) in [7, 11) is -3.54. The molecule has 0 bridgehead atoms. The van der Waals surface area contributed by atoms with E-state index in [9.17, 15) is 8.42 Å². The summed E-state index contributed by atoms with van der Waals surface area (Å²) in [6.07, 6.45) is 3.21. The lowest BCUT2D eigenvalue weighted by molar-refractivity contribution is 0.535. The first-order chi connectivity index (χ1) is 11.1. The molecule has 0 radical (unpaired) electrons. The Hall–Kier alpha value is -2.17. The van der Waals surface area contributed by atoms with Crippen LogP contribution in [0.3, 0.4) is 0 Å². The molecule has 0 saturated heterocycles. The van der Waals surface area contributed by atoms with Crippen LogP contribution in [-0.2, 0) is 9.84 Å². The summed E-state index contributed by atoms with van der Waals surface area (Å²) in [5.41, 5.74) is 0.902. The number of rotatable bonds is 8. The zero-order valence-electron chi connectivity index (χ0n) is 12.9. The van der Waals surface area contributed by atoms with Crippen molar-refractivity contribution in [3.8, 4) is 0 Å². The molecule has 0 amide bonds. The second-order valence-electron chi connectivity index (χ2n) is 5.14. The second-order valence-corrected chi connectivity index (χ2v) is 7.25. The number of hydrogen-bond acceptors (Lipinski definition) is 3. The molecule has 0 aliphatic heterocycles. The van der Waals surface area contributed by atoms with Crippen LogP contribution in [0.5, 0.6) is 0 Å². The normalized spacial score (nSPS) is 13.9. The van der Waals surface area contributed by atoms with Crippen molar-refractivity contribution in [1.82, 2.24) is 5.32 Å². The van der Waals surface area contributed by atoms with Crippen molar-refractivity contribution in [2.24, 2.45) is 0 Å². The molecule has 0 fully saturated rings. The van der Waals surface area contributed by atoms with E-state index in [4.69, 9.17) is 0 Å². The van der Waals surface area contributed by atoms with Crippen LogP contribution in [0.25, 0.3) is 0 Å². The van der Waals surface area contributed by atoms with Crippen LogP contribution in [0.4, 0.5) is 0 Å². The van der Waals surface area contributed by atoms with E-state index in [1.54, 1.807) is 36.4 Å². The molecule has 0 saturated carbocycles. The standard InChI is InChI=1S/C19H21NO2S/c1-3-15-20-19(16-11-7-5-8-12-16)18(4-2)23(21,22)17-13-9-6-10-14-17/h3-14,18-20H,1-2,15H2/t18-,19+/m0/s1. The molecule has 23 heavy (non-hydrogen) atoms. The van der Waals surface area contributed by atoms with Crippen LogP contribution < -0.4 is 5.32 Å². The van der Waals surface area contributed by atoms with Gasteiger partial charge in [-0.15, -0.1) is 13.2 Å². The topological polar surface area (TPSA) is 46.2 Å². The van der Waals surface area contributed by atoms with Gasteiger partial charge >= 0.3 is 0 Å². The average molecular weight is 327 g/mol. The quantitative estimate of drug-likeness (QED) is 0.755. The van der Waals surface area contributed by atoms with Crippen LogP contribution in [0.2, 0.25) is 0 Å². The molecule has 3 nitrogen and oxygen atoms in total. The van der Waals surface area contributed by atoms with Gasteiger partial charge in [0, 0.05) is 6.54 Å². The summed E-state index contributed by atoms with van der Waals surface area (Å²) < 4.78 is 26.0. The lowest BCUT2D eigenvalue weighted by Crippen LogP contribution is -2.36. The molecule has 0 aromatic heterocycles. The highest BCUT2D eigenvalue weighted by molar-refractivity contribution is 7.92. The van der Waals surface area contributed by atoms with Crippen molar-refractivity contribution in [2.75, 3.05) is 6.54 Å². The summed E-state index contributed by atoms with van der Waals surface area (Å²) >= 11 is 0. The third kappa shape index (κ3) is 3.97. The van der Waals surface area contributed by atoms with Gasteiger partial charge in [0.25, 0.3) is 0 Å². The Kier molecular flexibility index (Phi) is 5.90. The zero-order valence-corrected chi connectivity index (χ0v) is 13.7. The van der Waals surface area contributed by atoms with E-state index >= 15 is 0 Å². The van der Waals surface area contributed by atoms with Gasteiger partial charge in [0.1, 0.15) is 5.25 Å². The van der Waals surface area contributed by atoms with Crippen molar-refractivity contribution in [3.05, 3.63) is 91.5 Å². The lowest BCUT2D eigenvalue weighted by atomic mass is 10.0. The first-order valence-electron chi connectivity index (χ1n) is 7.42. The fourth-order valence-electron chi connectivity index (χ4n) is 2.50. The monoisotopic (exact) mass is 327 g/mol. The molecule has 2 atom stereocenters. The summed E-state index contributed by atoms with van der Waals surface area (Å²) in [6.45, 7) is 7.96. The van der Waals surface area contributed by atoms with E-state index in [-0.39, 0.29) is 0 Å². The molecule has 0 heterocycles. The Bertz CT molecular complexity index is 739. The summed E-state index contributed by atoms with van der Waals surface area (Å²) in [6, 6.07) is 17.6. The predicted octanol–water partition coefficient (Wildman–Crippen LogP) is 3.53. The first kappa shape index (κ1) is 17.2. The maximum Gasteiger partial charge on any atom is 0.186 e. The largest absolute Gasteiger partial charge is 0.305 e. The summed E-state index contributed by atoms with van der Waals surface area (Å²) in [4.78, 5) is 0.297. The molecule has 0 spiro atoms. The number of sulfone groups is 1. The Morgan fingerprint density at radius 2 is 1.52 bits per heavy atom. The van der Waals surface area contributed by atoms with E-state index < -0.39 is 21.1 Å². The van der Waals surface area contributed by atoms with Crippen LogP contribution in [0, 0.1) is 0 Å². The van der Waals surface area contributed by atoms with Crippen molar-refractivity contribution < 1.29 is 8.42 Å². The number of benzene rings is 2. The highest BCUT2D eigenvalue weighted by Crippen LogP contribution is 2.28. The van der Waals surface area contributed by atoms with Gasteiger partial charge in [-0.2, -0.15) is 0 Å². The van der Waals surface area contributed by atoms with E-state index in [2.05, 4.69) is 18.5 Å². The number of nitrogens with one attached hydrogen (secondary N) is 1. The second kappa shape index (κ2) is 7.90. The summed E-state index contributed by atoms with van der Waals surface area (Å²) in [5, 5.41) is 2.47. The SMILES string of the molecule is C=CCN[C@H](c1ccccc1)[C@H](C=C)S(=O)(=O)c1ccccc1. The smallest absolute Gasteiger partial charge is 0.186 e. The first-order valence-corrected chi connectivity index (χ1v) is 8.96. The molecular weight excluding hydrogens is 306 g/mol. The van der Waals surface area contributed by atoms with Gasteiger partial charge in [-0.25, -0.2) is 8.42 Å². The molecule has 2 aromatic carbocycles. The lowest BCUT2D eigenvalue weighted by Gasteiger charge is -2.26. The number of hydrogen-bond donors (Lipinski definition) is 1. The highest BCUT2D eigenvalue weighted by atomic mass is 32.2. The molecule has 120 valence electrons. The molecule has 1 N–H and O–H groups in total. The van der Waals surface area contributed by atoms with Crippen molar-refractivity contribution in [1.29, 1.82) is 0 Å². The molecule has 0 aliphatic rings. The van der Waals surface area contributed by atoms with Gasteiger partial charge < -0.3 is 5.32 Å². The molecule has 0 aliphatic carbocycles. The van der Waals surface area contributed by atoms with E-state index in [1.807, 2.05) is 30.3 Å². The average Bonchev–Trinajstić information content (AvgIpc) is 2.60. The van der Waals surface area contributed by atoms with Crippen LogP contribution >= 0.6 is 0 Å². The summed E-state index contributed by atoms with van der Waals surface area (Å²) in [5.74, 6) is 0. The van der Waals surface area contributed by atoms with Crippen LogP contribution in [0.1, 0.15) is 11.6 Å². The molecular formula is C19H21NO2S. The van der Waals surface area contributed by atoms with E-state index in [0.717, 1.165) is 5.56 Å². The van der Waals surface area contributed by atoms with Crippen LogP contribution in [0.15, 0.2) is 90.9 Å². The zero-order chi connectivity index (χ0) is 16.7. The van der Waals surface area contributed by atoms with Gasteiger partial charge in [0.2, 0.25) is 0 Å². The van der Waals surface area contributed by atoms with Crippen molar-refractivity contribution in [3.63, 3.8) is 0 Å². The molecule has 0 unspecified atom stereocenters. The van der Waals surface area contributed by atoms with Gasteiger partial charge in [-0.3, -0.25) is 0 Å². The van der Waals surface area contributed by atoms with E-state index in [0.29, 0.717) is 11.4 Å². The van der Waals surface area contributed by atoms with E-state index in [1.165, 1.54) is 6.08 Å². The minimum Gasteiger partial charge on any atom is -0.305 e. The predicted molar refractivity (Wildman–Crippen MR) is 95.0 cm³/mol. The molecule has 2 rings (SSSR count). The Morgan fingerprint density at radius 3 is 2.04 bits per heavy atom. The fourth-order valence-corrected chi connectivity index (χ4v) is 4.22. The Morgan fingerprint density at radius 1 is 0.957 bits per heavy atom.